The molecule has 1 heterocycles. The van der Waals surface area contributed by atoms with Crippen molar-refractivity contribution in [3.63, 3.8) is 0 Å². The number of hydrogen-bond acceptors (Lipinski definition) is 2. The topological polar surface area (TPSA) is 23.5 Å². The third-order valence-electron chi connectivity index (χ3n) is 3.39. The molecule has 0 saturated carbocycles. The molecule has 1 N–H and O–H groups in total. The molecule has 1 saturated heterocycles. The summed E-state index contributed by atoms with van der Waals surface area (Å²) in [4.78, 5) is 2.28. The van der Waals surface area contributed by atoms with Gasteiger partial charge in [-0.25, -0.2) is 4.39 Å². The van der Waals surface area contributed by atoms with Crippen LogP contribution in [-0.4, -0.2) is 29.2 Å². The van der Waals surface area contributed by atoms with Gasteiger partial charge in [0.2, 0.25) is 0 Å². The summed E-state index contributed by atoms with van der Waals surface area (Å²) in [5.74, 6) is -0.179. The Hall–Kier alpha value is -0.930. The van der Waals surface area contributed by atoms with Gasteiger partial charge in [-0.05, 0) is 49.6 Å². The second kappa shape index (κ2) is 4.93. The standard InChI is InChI=1S/C13H18FNO/c1-10-7-12(14)5-4-11(10)8-15-6-2-3-13(15)9-16/h4-5,7,13,16H,2-3,6,8-9H2,1H3. The fourth-order valence-electron chi connectivity index (χ4n) is 2.37. The zero-order chi connectivity index (χ0) is 11.5. The lowest BCUT2D eigenvalue weighted by Crippen LogP contribution is -2.31. The van der Waals surface area contributed by atoms with Crippen molar-refractivity contribution in [3.05, 3.63) is 35.1 Å². The molecule has 0 aromatic heterocycles. The summed E-state index contributed by atoms with van der Waals surface area (Å²) in [6.07, 6.45) is 2.21. The second-order valence-electron chi connectivity index (χ2n) is 4.52. The van der Waals surface area contributed by atoms with E-state index >= 15 is 0 Å². The number of aryl methyl sites for hydroxylation is 1. The summed E-state index contributed by atoms with van der Waals surface area (Å²) in [6, 6.07) is 5.20. The molecule has 1 aliphatic rings. The molecule has 0 bridgehead atoms. The number of aliphatic hydroxyl groups is 1. The van der Waals surface area contributed by atoms with Crippen molar-refractivity contribution in [1.82, 2.24) is 4.90 Å². The zero-order valence-electron chi connectivity index (χ0n) is 9.62. The number of benzene rings is 1. The van der Waals surface area contributed by atoms with Crippen LogP contribution in [0.1, 0.15) is 24.0 Å². The van der Waals surface area contributed by atoms with Gasteiger partial charge in [0.1, 0.15) is 5.82 Å². The molecule has 1 aromatic rings. The third-order valence-corrected chi connectivity index (χ3v) is 3.39. The summed E-state index contributed by atoms with van der Waals surface area (Å²) in [7, 11) is 0. The molecule has 16 heavy (non-hydrogen) atoms. The van der Waals surface area contributed by atoms with Crippen LogP contribution in [0.3, 0.4) is 0 Å². The number of nitrogens with zero attached hydrogens (tertiary/aromatic N) is 1. The predicted molar refractivity (Wildman–Crippen MR) is 61.7 cm³/mol. The van der Waals surface area contributed by atoms with Gasteiger partial charge in [-0.15, -0.1) is 0 Å². The number of aliphatic hydroxyl groups excluding tert-OH is 1. The van der Waals surface area contributed by atoms with Gasteiger partial charge in [-0.2, -0.15) is 0 Å². The Morgan fingerprint density at radius 2 is 2.31 bits per heavy atom. The molecular formula is C13H18FNO. The Balaban J connectivity index is 2.08. The van der Waals surface area contributed by atoms with Gasteiger partial charge in [-0.3, -0.25) is 4.90 Å². The fraction of sp³-hybridized carbons (Fsp3) is 0.538. The molecule has 2 rings (SSSR count). The molecular weight excluding hydrogens is 205 g/mol. The maximum atomic E-state index is 13.0. The summed E-state index contributed by atoms with van der Waals surface area (Å²) in [5.41, 5.74) is 2.14. The van der Waals surface area contributed by atoms with Gasteiger partial charge in [0.15, 0.2) is 0 Å². The Morgan fingerprint density at radius 3 is 3.00 bits per heavy atom. The minimum Gasteiger partial charge on any atom is -0.395 e. The van der Waals surface area contributed by atoms with E-state index in [1.807, 2.05) is 13.0 Å². The van der Waals surface area contributed by atoms with Crippen LogP contribution in [0.15, 0.2) is 18.2 Å². The van der Waals surface area contributed by atoms with E-state index in [0.29, 0.717) is 0 Å². The Labute approximate surface area is 95.7 Å². The highest BCUT2D eigenvalue weighted by molar-refractivity contribution is 5.26. The van der Waals surface area contributed by atoms with Crippen molar-refractivity contribution in [3.8, 4) is 0 Å². The highest BCUT2D eigenvalue weighted by Crippen LogP contribution is 2.21. The van der Waals surface area contributed by atoms with Crippen LogP contribution in [0.4, 0.5) is 4.39 Å². The van der Waals surface area contributed by atoms with Crippen LogP contribution in [0, 0.1) is 12.7 Å². The van der Waals surface area contributed by atoms with Crippen molar-refractivity contribution in [2.24, 2.45) is 0 Å². The fourth-order valence-corrected chi connectivity index (χ4v) is 2.37. The first-order valence-corrected chi connectivity index (χ1v) is 5.80. The molecule has 1 fully saturated rings. The van der Waals surface area contributed by atoms with Gasteiger partial charge < -0.3 is 5.11 Å². The largest absolute Gasteiger partial charge is 0.395 e. The van der Waals surface area contributed by atoms with Gasteiger partial charge in [0.25, 0.3) is 0 Å². The minimum atomic E-state index is -0.179. The quantitative estimate of drug-likeness (QED) is 0.848. The van der Waals surface area contributed by atoms with Crippen molar-refractivity contribution < 1.29 is 9.50 Å². The summed E-state index contributed by atoms with van der Waals surface area (Å²) >= 11 is 0. The number of rotatable bonds is 3. The monoisotopic (exact) mass is 223 g/mol. The molecule has 2 nitrogen and oxygen atoms in total. The molecule has 88 valence electrons. The summed E-state index contributed by atoms with van der Waals surface area (Å²) < 4.78 is 13.0. The zero-order valence-corrected chi connectivity index (χ0v) is 9.62. The van der Waals surface area contributed by atoms with Crippen molar-refractivity contribution in [2.45, 2.75) is 32.4 Å². The van der Waals surface area contributed by atoms with Crippen LogP contribution in [0.25, 0.3) is 0 Å². The maximum Gasteiger partial charge on any atom is 0.123 e. The Kier molecular flexibility index (Phi) is 3.56. The molecule has 1 atom stereocenters. The van der Waals surface area contributed by atoms with E-state index in [4.69, 9.17) is 0 Å². The van der Waals surface area contributed by atoms with Crippen LogP contribution < -0.4 is 0 Å². The average molecular weight is 223 g/mol. The van der Waals surface area contributed by atoms with E-state index in [2.05, 4.69) is 4.90 Å². The smallest absolute Gasteiger partial charge is 0.123 e. The summed E-state index contributed by atoms with van der Waals surface area (Å²) in [5, 5.41) is 9.23. The lowest BCUT2D eigenvalue weighted by Gasteiger charge is -2.23. The maximum absolute atomic E-state index is 13.0. The number of likely N-dealkylation sites (tertiary alicyclic amines) is 1. The first-order chi connectivity index (χ1) is 7.70. The second-order valence-corrected chi connectivity index (χ2v) is 4.52. The SMILES string of the molecule is Cc1cc(F)ccc1CN1CCCC1CO. The molecule has 3 heteroatoms. The molecule has 1 aliphatic heterocycles. The first kappa shape index (κ1) is 11.6. The van der Waals surface area contributed by atoms with Gasteiger partial charge in [-0.1, -0.05) is 6.07 Å². The van der Waals surface area contributed by atoms with E-state index < -0.39 is 0 Å². The molecule has 0 spiro atoms. The Bertz CT molecular complexity index is 367. The third kappa shape index (κ3) is 2.42. The van der Waals surface area contributed by atoms with Crippen LogP contribution in [-0.2, 0) is 6.54 Å². The number of halogens is 1. The van der Waals surface area contributed by atoms with Crippen molar-refractivity contribution in [2.75, 3.05) is 13.2 Å². The molecule has 0 aliphatic carbocycles. The van der Waals surface area contributed by atoms with Gasteiger partial charge in [0, 0.05) is 12.6 Å². The highest BCUT2D eigenvalue weighted by Gasteiger charge is 2.23. The molecule has 1 unspecified atom stereocenters. The lowest BCUT2D eigenvalue weighted by atomic mass is 10.1. The van der Waals surface area contributed by atoms with E-state index in [-0.39, 0.29) is 18.5 Å². The minimum absolute atomic E-state index is 0.179. The average Bonchev–Trinajstić information content (AvgIpc) is 2.69. The molecule has 1 aromatic carbocycles. The van der Waals surface area contributed by atoms with E-state index in [1.165, 1.54) is 6.07 Å². The van der Waals surface area contributed by atoms with E-state index in [0.717, 1.165) is 37.1 Å². The predicted octanol–water partition coefficient (Wildman–Crippen LogP) is 2.09. The molecule has 0 radical (unpaired) electrons. The van der Waals surface area contributed by atoms with Crippen LogP contribution in [0.2, 0.25) is 0 Å². The molecule has 0 amide bonds. The normalized spacial score (nSPS) is 21.6. The van der Waals surface area contributed by atoms with E-state index in [1.54, 1.807) is 6.07 Å². The lowest BCUT2D eigenvalue weighted by molar-refractivity contribution is 0.153. The van der Waals surface area contributed by atoms with Gasteiger partial charge >= 0.3 is 0 Å². The first-order valence-electron chi connectivity index (χ1n) is 5.80. The van der Waals surface area contributed by atoms with E-state index in [9.17, 15) is 9.50 Å². The van der Waals surface area contributed by atoms with Crippen LogP contribution >= 0.6 is 0 Å². The van der Waals surface area contributed by atoms with Crippen molar-refractivity contribution in [1.29, 1.82) is 0 Å². The van der Waals surface area contributed by atoms with Gasteiger partial charge in [0.05, 0.1) is 6.61 Å². The Morgan fingerprint density at radius 1 is 1.50 bits per heavy atom. The number of hydrogen-bond donors (Lipinski definition) is 1. The van der Waals surface area contributed by atoms with Crippen molar-refractivity contribution >= 4 is 0 Å². The van der Waals surface area contributed by atoms with Crippen LogP contribution in [0.5, 0.6) is 0 Å². The highest BCUT2D eigenvalue weighted by atomic mass is 19.1. The summed E-state index contributed by atoms with van der Waals surface area (Å²) in [6.45, 7) is 4.00.